The van der Waals surface area contributed by atoms with Gasteiger partial charge in [0, 0.05) is 19.5 Å². The Labute approximate surface area is 111 Å². The Morgan fingerprint density at radius 3 is 2.95 bits per heavy atom. The van der Waals surface area contributed by atoms with Gasteiger partial charge in [-0.2, -0.15) is 4.31 Å². The number of carboxylic acids is 1. The summed E-state index contributed by atoms with van der Waals surface area (Å²) in [6.07, 6.45) is 2.99. The van der Waals surface area contributed by atoms with E-state index in [1.54, 1.807) is 0 Å². The number of H-pyrrole nitrogens is 1. The standard InChI is InChI=1S/C11H17N3O4S/c1-2-9-12-6-10(13-9)19(17,18)14-5-3-4-8(7-14)11(15)16/h6,8H,2-5,7H2,1H3,(H,12,13)(H,15,16). The summed E-state index contributed by atoms with van der Waals surface area (Å²) in [6.45, 7) is 2.25. The minimum atomic E-state index is -3.67. The molecule has 0 saturated carbocycles. The van der Waals surface area contributed by atoms with Crippen LogP contribution in [-0.2, 0) is 21.2 Å². The number of nitrogens with one attached hydrogen (secondary N) is 1. The van der Waals surface area contributed by atoms with Crippen LogP contribution in [0.1, 0.15) is 25.6 Å². The lowest BCUT2D eigenvalue weighted by atomic mass is 10.0. The summed E-state index contributed by atoms with van der Waals surface area (Å²) in [5.74, 6) is -0.971. The smallest absolute Gasteiger partial charge is 0.307 e. The molecule has 2 N–H and O–H groups in total. The number of aryl methyl sites for hydroxylation is 1. The number of piperidine rings is 1. The predicted molar refractivity (Wildman–Crippen MR) is 67.1 cm³/mol. The van der Waals surface area contributed by atoms with Crippen molar-refractivity contribution in [3.05, 3.63) is 12.0 Å². The van der Waals surface area contributed by atoms with Crippen molar-refractivity contribution in [3.63, 3.8) is 0 Å². The van der Waals surface area contributed by atoms with Crippen LogP contribution in [0.5, 0.6) is 0 Å². The molecule has 0 radical (unpaired) electrons. The Hall–Kier alpha value is -1.41. The number of carboxylic acid groups (broad SMARTS) is 1. The first kappa shape index (κ1) is 14.0. The number of sulfonamides is 1. The molecule has 1 aliphatic heterocycles. The van der Waals surface area contributed by atoms with E-state index in [4.69, 9.17) is 5.11 Å². The third-order valence-electron chi connectivity index (χ3n) is 3.29. The molecule has 0 bridgehead atoms. The molecule has 19 heavy (non-hydrogen) atoms. The fourth-order valence-electron chi connectivity index (χ4n) is 2.16. The van der Waals surface area contributed by atoms with Gasteiger partial charge >= 0.3 is 5.97 Å². The fourth-order valence-corrected chi connectivity index (χ4v) is 3.61. The summed E-state index contributed by atoms with van der Waals surface area (Å²) in [5, 5.41) is 9.03. The van der Waals surface area contributed by atoms with Gasteiger partial charge in [-0.3, -0.25) is 4.79 Å². The van der Waals surface area contributed by atoms with Crippen LogP contribution >= 0.6 is 0 Å². The Balaban J connectivity index is 2.21. The number of hydrogen-bond donors (Lipinski definition) is 2. The van der Waals surface area contributed by atoms with E-state index in [0.717, 1.165) is 0 Å². The van der Waals surface area contributed by atoms with Crippen molar-refractivity contribution in [1.82, 2.24) is 14.3 Å². The van der Waals surface area contributed by atoms with Crippen molar-refractivity contribution in [1.29, 1.82) is 0 Å². The molecular weight excluding hydrogens is 270 g/mol. The van der Waals surface area contributed by atoms with Crippen LogP contribution in [0.2, 0.25) is 0 Å². The minimum absolute atomic E-state index is 0.0259. The van der Waals surface area contributed by atoms with Crippen LogP contribution in [0.4, 0.5) is 0 Å². The highest BCUT2D eigenvalue weighted by molar-refractivity contribution is 7.89. The Morgan fingerprint density at radius 2 is 2.37 bits per heavy atom. The largest absolute Gasteiger partial charge is 0.481 e. The number of carbonyl (C=O) groups is 1. The summed E-state index contributed by atoms with van der Waals surface area (Å²) >= 11 is 0. The van der Waals surface area contributed by atoms with E-state index in [9.17, 15) is 13.2 Å². The maximum Gasteiger partial charge on any atom is 0.307 e. The molecular formula is C11H17N3O4S. The van der Waals surface area contributed by atoms with Crippen LogP contribution in [0.3, 0.4) is 0 Å². The number of aromatic amines is 1. The molecule has 0 amide bonds. The zero-order chi connectivity index (χ0) is 14.0. The average Bonchev–Trinajstić information content (AvgIpc) is 2.88. The SMILES string of the molecule is CCc1ncc(S(=O)(=O)N2CCCC(C(=O)O)C2)[nH]1. The number of nitrogens with zero attached hydrogens (tertiary/aromatic N) is 2. The monoisotopic (exact) mass is 287 g/mol. The molecule has 2 rings (SSSR count). The molecule has 7 nitrogen and oxygen atoms in total. The van der Waals surface area contributed by atoms with Gasteiger partial charge in [-0.15, -0.1) is 0 Å². The van der Waals surface area contributed by atoms with Crippen molar-refractivity contribution in [2.24, 2.45) is 5.92 Å². The fraction of sp³-hybridized carbons (Fsp3) is 0.636. The Kier molecular flexibility index (Phi) is 3.91. The second-order valence-electron chi connectivity index (χ2n) is 4.59. The second kappa shape index (κ2) is 5.30. The zero-order valence-electron chi connectivity index (χ0n) is 10.7. The van der Waals surface area contributed by atoms with Crippen LogP contribution < -0.4 is 0 Å². The highest BCUT2D eigenvalue weighted by Crippen LogP contribution is 2.23. The van der Waals surface area contributed by atoms with Crippen molar-refractivity contribution < 1.29 is 18.3 Å². The molecule has 1 atom stereocenters. The first-order valence-corrected chi connectivity index (χ1v) is 7.66. The third-order valence-corrected chi connectivity index (χ3v) is 5.07. The molecule has 1 aromatic rings. The molecule has 2 heterocycles. The van der Waals surface area contributed by atoms with Crippen molar-refractivity contribution >= 4 is 16.0 Å². The number of imidazole rings is 1. The lowest BCUT2D eigenvalue weighted by Crippen LogP contribution is -2.42. The minimum Gasteiger partial charge on any atom is -0.481 e. The van der Waals surface area contributed by atoms with Gasteiger partial charge in [0.15, 0.2) is 5.03 Å². The van der Waals surface area contributed by atoms with Gasteiger partial charge in [-0.1, -0.05) is 6.92 Å². The molecule has 8 heteroatoms. The lowest BCUT2D eigenvalue weighted by molar-refractivity contribution is -0.142. The van der Waals surface area contributed by atoms with Crippen LogP contribution in [0, 0.1) is 5.92 Å². The van der Waals surface area contributed by atoms with Crippen molar-refractivity contribution in [2.75, 3.05) is 13.1 Å². The molecule has 1 aromatic heterocycles. The van der Waals surface area contributed by atoms with Gasteiger partial charge in [0.25, 0.3) is 10.0 Å². The topological polar surface area (TPSA) is 103 Å². The van der Waals surface area contributed by atoms with Crippen LogP contribution in [0.25, 0.3) is 0 Å². The number of rotatable bonds is 4. The first-order valence-electron chi connectivity index (χ1n) is 6.22. The molecule has 1 saturated heterocycles. The van der Waals surface area contributed by atoms with E-state index in [1.165, 1.54) is 10.5 Å². The molecule has 0 aromatic carbocycles. The molecule has 1 unspecified atom stereocenters. The van der Waals surface area contributed by atoms with Gasteiger partial charge in [-0.05, 0) is 12.8 Å². The number of aromatic nitrogens is 2. The van der Waals surface area contributed by atoms with Crippen molar-refractivity contribution in [2.45, 2.75) is 31.2 Å². The highest BCUT2D eigenvalue weighted by atomic mass is 32.2. The zero-order valence-corrected chi connectivity index (χ0v) is 11.5. The van der Waals surface area contributed by atoms with E-state index in [1.807, 2.05) is 6.92 Å². The quantitative estimate of drug-likeness (QED) is 0.837. The number of hydrogen-bond acceptors (Lipinski definition) is 4. The number of aliphatic carboxylic acids is 1. The molecule has 1 fully saturated rings. The van der Waals surface area contributed by atoms with Crippen LogP contribution in [0.15, 0.2) is 11.2 Å². The van der Waals surface area contributed by atoms with Gasteiger partial charge in [0.2, 0.25) is 0 Å². The van der Waals surface area contributed by atoms with E-state index in [0.29, 0.717) is 31.6 Å². The highest BCUT2D eigenvalue weighted by Gasteiger charge is 2.34. The Bertz CT molecular complexity index is 566. The third kappa shape index (κ3) is 2.79. The first-order chi connectivity index (χ1) is 8.95. The second-order valence-corrected chi connectivity index (χ2v) is 6.49. The molecule has 0 aliphatic carbocycles. The lowest BCUT2D eigenvalue weighted by Gasteiger charge is -2.29. The van der Waals surface area contributed by atoms with Gasteiger partial charge in [0.05, 0.1) is 12.1 Å². The normalized spacial score (nSPS) is 21.4. The van der Waals surface area contributed by atoms with Gasteiger partial charge < -0.3 is 10.1 Å². The maximum atomic E-state index is 12.3. The van der Waals surface area contributed by atoms with E-state index in [-0.39, 0.29) is 11.6 Å². The average molecular weight is 287 g/mol. The van der Waals surface area contributed by atoms with Gasteiger partial charge in [0.1, 0.15) is 5.82 Å². The van der Waals surface area contributed by atoms with E-state index < -0.39 is 21.9 Å². The predicted octanol–water partition coefficient (Wildman–Crippen LogP) is 0.457. The summed E-state index contributed by atoms with van der Waals surface area (Å²) in [7, 11) is -3.67. The molecule has 106 valence electrons. The molecule has 1 aliphatic rings. The van der Waals surface area contributed by atoms with Crippen molar-refractivity contribution in [3.8, 4) is 0 Å². The van der Waals surface area contributed by atoms with Crippen LogP contribution in [-0.4, -0.2) is 46.9 Å². The summed E-state index contributed by atoms with van der Waals surface area (Å²) < 4.78 is 25.9. The maximum absolute atomic E-state index is 12.3. The summed E-state index contributed by atoms with van der Waals surface area (Å²) in [4.78, 5) is 17.7. The van der Waals surface area contributed by atoms with Gasteiger partial charge in [-0.25, -0.2) is 13.4 Å². The molecule has 0 spiro atoms. The summed E-state index contributed by atoms with van der Waals surface area (Å²) in [5.41, 5.74) is 0. The Morgan fingerprint density at radius 1 is 1.63 bits per heavy atom. The summed E-state index contributed by atoms with van der Waals surface area (Å²) in [6, 6.07) is 0. The van der Waals surface area contributed by atoms with E-state index in [2.05, 4.69) is 9.97 Å². The van der Waals surface area contributed by atoms with E-state index >= 15 is 0 Å².